The summed E-state index contributed by atoms with van der Waals surface area (Å²) >= 11 is 0. The Kier molecular flexibility index (Phi) is 5.47. The first-order chi connectivity index (χ1) is 9.04. The minimum Gasteiger partial charge on any atom is -0.354 e. The highest BCUT2D eigenvalue weighted by molar-refractivity contribution is 5.62. The van der Waals surface area contributed by atoms with E-state index in [1.165, 1.54) is 0 Å². The predicted octanol–water partition coefficient (Wildman–Crippen LogP) is 2.36. The fourth-order valence-electron chi connectivity index (χ4n) is 1.83. The van der Waals surface area contributed by atoms with Crippen molar-refractivity contribution in [1.82, 2.24) is 9.97 Å². The minimum atomic E-state index is -0.410. The van der Waals surface area contributed by atoms with Gasteiger partial charge < -0.3 is 10.2 Å². The fraction of sp³-hybridized carbons (Fsp3) is 0.667. The first kappa shape index (κ1) is 15.1. The van der Waals surface area contributed by atoms with Crippen LogP contribution in [0.15, 0.2) is 0 Å². The molecule has 0 spiro atoms. The number of nitrogens with zero attached hydrogens (tertiary/aromatic N) is 4. The number of aromatic nitrogens is 2. The topological polar surface area (TPSA) is 84.2 Å². The molecule has 1 N–H and O–H groups in total. The molecule has 0 aliphatic carbocycles. The first-order valence-corrected chi connectivity index (χ1v) is 6.56. The second-order valence-electron chi connectivity index (χ2n) is 4.16. The van der Waals surface area contributed by atoms with Crippen LogP contribution < -0.4 is 10.2 Å². The van der Waals surface area contributed by atoms with Gasteiger partial charge in [0.2, 0.25) is 11.8 Å². The van der Waals surface area contributed by atoms with Crippen molar-refractivity contribution in [3.63, 3.8) is 0 Å². The highest BCUT2D eigenvalue weighted by atomic mass is 16.6. The summed E-state index contributed by atoms with van der Waals surface area (Å²) in [5, 5.41) is 14.3. The maximum atomic E-state index is 11.2. The Bertz CT molecular complexity index is 446. The SMILES string of the molecule is CCCNc1nc(C)c([N+](=O)[O-])c(N(CC)CC)n1. The van der Waals surface area contributed by atoms with Crippen LogP contribution in [-0.2, 0) is 0 Å². The first-order valence-electron chi connectivity index (χ1n) is 6.56. The molecule has 19 heavy (non-hydrogen) atoms. The summed E-state index contributed by atoms with van der Waals surface area (Å²) in [4.78, 5) is 21.1. The molecule has 0 radical (unpaired) electrons. The highest BCUT2D eigenvalue weighted by Crippen LogP contribution is 2.29. The standard InChI is InChI=1S/C12H21N5O2/c1-5-8-13-12-14-9(4)10(17(18)19)11(15-12)16(6-2)7-3/h5-8H2,1-4H3,(H,13,14,15). The fourth-order valence-corrected chi connectivity index (χ4v) is 1.83. The summed E-state index contributed by atoms with van der Waals surface area (Å²) in [6.07, 6.45) is 0.944. The Labute approximate surface area is 113 Å². The monoisotopic (exact) mass is 267 g/mol. The number of nitrogens with one attached hydrogen (secondary N) is 1. The number of hydrogen-bond donors (Lipinski definition) is 1. The van der Waals surface area contributed by atoms with Gasteiger partial charge in [0.15, 0.2) is 0 Å². The van der Waals surface area contributed by atoms with Gasteiger partial charge in [-0.3, -0.25) is 10.1 Å². The lowest BCUT2D eigenvalue weighted by Crippen LogP contribution is -2.25. The van der Waals surface area contributed by atoms with Crippen molar-refractivity contribution in [2.45, 2.75) is 34.1 Å². The van der Waals surface area contributed by atoms with Gasteiger partial charge >= 0.3 is 5.69 Å². The van der Waals surface area contributed by atoms with Gasteiger partial charge in [-0.1, -0.05) is 6.92 Å². The molecular weight excluding hydrogens is 246 g/mol. The van der Waals surface area contributed by atoms with Crippen LogP contribution in [-0.4, -0.2) is 34.5 Å². The highest BCUT2D eigenvalue weighted by Gasteiger charge is 2.25. The van der Waals surface area contributed by atoms with E-state index >= 15 is 0 Å². The normalized spacial score (nSPS) is 10.3. The molecule has 1 heterocycles. The van der Waals surface area contributed by atoms with Crippen molar-refractivity contribution >= 4 is 17.5 Å². The molecule has 0 aliphatic rings. The molecule has 0 amide bonds. The van der Waals surface area contributed by atoms with Crippen LogP contribution in [0, 0.1) is 17.0 Å². The average Bonchev–Trinajstić information content (AvgIpc) is 2.37. The van der Waals surface area contributed by atoms with Gasteiger partial charge in [0.25, 0.3) is 0 Å². The van der Waals surface area contributed by atoms with Crippen molar-refractivity contribution in [1.29, 1.82) is 0 Å². The molecule has 7 heteroatoms. The number of rotatable bonds is 7. The Hall–Kier alpha value is -1.92. The van der Waals surface area contributed by atoms with Gasteiger partial charge in [-0.2, -0.15) is 4.98 Å². The van der Waals surface area contributed by atoms with Crippen LogP contribution in [0.2, 0.25) is 0 Å². The Morgan fingerprint density at radius 1 is 1.26 bits per heavy atom. The summed E-state index contributed by atoms with van der Waals surface area (Å²) in [6.45, 7) is 9.66. The maximum Gasteiger partial charge on any atom is 0.332 e. The summed E-state index contributed by atoms with van der Waals surface area (Å²) in [5.74, 6) is 0.841. The molecule has 0 unspecified atom stereocenters. The quantitative estimate of drug-likeness (QED) is 0.603. The Morgan fingerprint density at radius 3 is 2.37 bits per heavy atom. The lowest BCUT2D eigenvalue weighted by Gasteiger charge is -2.20. The molecule has 1 aromatic rings. The molecule has 0 aromatic carbocycles. The molecule has 0 saturated carbocycles. The maximum absolute atomic E-state index is 11.2. The molecule has 7 nitrogen and oxygen atoms in total. The van der Waals surface area contributed by atoms with Crippen molar-refractivity contribution < 1.29 is 4.92 Å². The second-order valence-corrected chi connectivity index (χ2v) is 4.16. The van der Waals surface area contributed by atoms with E-state index in [1.807, 2.05) is 25.7 Å². The van der Waals surface area contributed by atoms with E-state index in [-0.39, 0.29) is 5.69 Å². The number of anilines is 2. The minimum absolute atomic E-state index is 0.00857. The van der Waals surface area contributed by atoms with Gasteiger partial charge in [-0.05, 0) is 27.2 Å². The summed E-state index contributed by atoms with van der Waals surface area (Å²) in [5.41, 5.74) is 0.381. The third kappa shape index (κ3) is 3.52. The largest absolute Gasteiger partial charge is 0.354 e. The molecule has 0 saturated heterocycles. The number of nitro groups is 1. The van der Waals surface area contributed by atoms with Crippen LogP contribution in [0.5, 0.6) is 0 Å². The third-order valence-electron chi connectivity index (χ3n) is 2.82. The van der Waals surface area contributed by atoms with Crippen LogP contribution in [0.4, 0.5) is 17.5 Å². The summed E-state index contributed by atoms with van der Waals surface area (Å²) in [7, 11) is 0. The molecule has 0 atom stereocenters. The molecule has 1 rings (SSSR count). The van der Waals surface area contributed by atoms with Crippen LogP contribution in [0.3, 0.4) is 0 Å². The Balaban J connectivity index is 3.28. The van der Waals surface area contributed by atoms with Crippen LogP contribution in [0.25, 0.3) is 0 Å². The third-order valence-corrected chi connectivity index (χ3v) is 2.82. The zero-order valence-corrected chi connectivity index (χ0v) is 11.9. The summed E-state index contributed by atoms with van der Waals surface area (Å²) < 4.78 is 0. The van der Waals surface area contributed by atoms with E-state index in [9.17, 15) is 10.1 Å². The van der Waals surface area contributed by atoms with Crippen LogP contribution in [0.1, 0.15) is 32.9 Å². The lowest BCUT2D eigenvalue weighted by molar-refractivity contribution is -0.385. The van der Waals surface area contributed by atoms with Crippen molar-refractivity contribution in [3.05, 3.63) is 15.8 Å². The van der Waals surface area contributed by atoms with Gasteiger partial charge in [0, 0.05) is 19.6 Å². The zero-order valence-electron chi connectivity index (χ0n) is 11.9. The van der Waals surface area contributed by atoms with Crippen molar-refractivity contribution in [2.75, 3.05) is 29.9 Å². The molecule has 0 fully saturated rings. The summed E-state index contributed by atoms with van der Waals surface area (Å²) in [6, 6.07) is 0. The molecular formula is C12H21N5O2. The van der Waals surface area contributed by atoms with E-state index in [0.717, 1.165) is 13.0 Å². The zero-order chi connectivity index (χ0) is 14.4. The van der Waals surface area contributed by atoms with Gasteiger partial charge in [0.1, 0.15) is 5.69 Å². The molecule has 0 aliphatic heterocycles. The smallest absolute Gasteiger partial charge is 0.332 e. The van der Waals surface area contributed by atoms with E-state index in [0.29, 0.717) is 30.5 Å². The van der Waals surface area contributed by atoms with Crippen molar-refractivity contribution in [3.8, 4) is 0 Å². The number of aryl methyl sites for hydroxylation is 1. The number of hydrogen-bond acceptors (Lipinski definition) is 6. The van der Waals surface area contributed by atoms with E-state index < -0.39 is 4.92 Å². The molecule has 0 bridgehead atoms. The molecule has 106 valence electrons. The van der Waals surface area contributed by atoms with E-state index in [1.54, 1.807) is 6.92 Å². The average molecular weight is 267 g/mol. The van der Waals surface area contributed by atoms with E-state index in [4.69, 9.17) is 0 Å². The molecule has 1 aromatic heterocycles. The van der Waals surface area contributed by atoms with Crippen LogP contribution >= 0.6 is 0 Å². The second kappa shape index (κ2) is 6.86. The van der Waals surface area contributed by atoms with Gasteiger partial charge in [-0.15, -0.1) is 0 Å². The van der Waals surface area contributed by atoms with Crippen molar-refractivity contribution in [2.24, 2.45) is 0 Å². The Morgan fingerprint density at radius 2 is 1.89 bits per heavy atom. The van der Waals surface area contributed by atoms with Gasteiger partial charge in [0.05, 0.1) is 4.92 Å². The lowest BCUT2D eigenvalue weighted by atomic mass is 10.3. The predicted molar refractivity (Wildman–Crippen MR) is 75.8 cm³/mol. The van der Waals surface area contributed by atoms with E-state index in [2.05, 4.69) is 15.3 Å². The van der Waals surface area contributed by atoms with Gasteiger partial charge in [-0.25, -0.2) is 4.98 Å².